The molecule has 0 unspecified atom stereocenters. The highest BCUT2D eigenvalue weighted by Crippen LogP contribution is 2.10. The number of aryl methyl sites for hydroxylation is 3. The third-order valence-electron chi connectivity index (χ3n) is 1.73. The second-order valence-electron chi connectivity index (χ2n) is 2.84. The van der Waals surface area contributed by atoms with Crippen LogP contribution in [0, 0.1) is 20.8 Å². The molecule has 0 aliphatic carbocycles. The van der Waals surface area contributed by atoms with Gasteiger partial charge in [0.05, 0.1) is 0 Å². The monoisotopic (exact) mass is 166 g/mol. The molecule has 0 aromatic heterocycles. The molecule has 0 bridgehead atoms. The van der Waals surface area contributed by atoms with Crippen LogP contribution in [0.25, 0.3) is 0 Å². The first-order chi connectivity index (χ1) is 5.15. The van der Waals surface area contributed by atoms with Crippen LogP contribution in [-0.2, 0) is 4.57 Å². The number of hydrogen-bond acceptors (Lipinski definition) is 1. The highest BCUT2D eigenvalue weighted by molar-refractivity contribution is 7.34. The van der Waals surface area contributed by atoms with E-state index in [1.54, 1.807) is 0 Å². The fourth-order valence-corrected chi connectivity index (χ4v) is 1.73. The van der Waals surface area contributed by atoms with Crippen LogP contribution >= 0.6 is 8.46 Å². The average molecular weight is 166 g/mol. The van der Waals surface area contributed by atoms with Gasteiger partial charge in [-0.2, -0.15) is 0 Å². The standard InChI is InChI=1S/C9H11OP/c1-6-4-7(2)9(11-10)8(3)5-6/h4-5H,1-3H3. The largest absolute Gasteiger partial charge is 0.269 e. The fourth-order valence-electron chi connectivity index (χ4n) is 1.32. The minimum absolute atomic E-state index is 0.127. The first kappa shape index (κ1) is 8.42. The summed E-state index contributed by atoms with van der Waals surface area (Å²) in [6, 6.07) is 4.10. The topological polar surface area (TPSA) is 17.1 Å². The minimum Gasteiger partial charge on any atom is -0.269 e. The van der Waals surface area contributed by atoms with Crippen molar-refractivity contribution in [1.29, 1.82) is 0 Å². The molecular formula is C9H11OP. The van der Waals surface area contributed by atoms with Gasteiger partial charge in [0.25, 0.3) is 0 Å². The molecule has 58 valence electrons. The molecule has 0 aliphatic rings. The Morgan fingerprint density at radius 2 is 1.55 bits per heavy atom. The van der Waals surface area contributed by atoms with Gasteiger partial charge in [0.15, 0.2) is 8.46 Å². The Bertz CT molecular complexity index is 269. The SMILES string of the molecule is Cc1cc(C)c(P=O)c(C)c1. The molecule has 0 saturated carbocycles. The smallest absolute Gasteiger partial charge is 0.192 e. The summed E-state index contributed by atoms with van der Waals surface area (Å²) >= 11 is 0. The zero-order chi connectivity index (χ0) is 8.43. The van der Waals surface area contributed by atoms with E-state index in [0.717, 1.165) is 16.4 Å². The molecule has 0 amide bonds. The molecule has 0 atom stereocenters. The van der Waals surface area contributed by atoms with Gasteiger partial charge < -0.3 is 0 Å². The van der Waals surface area contributed by atoms with E-state index >= 15 is 0 Å². The first-order valence-corrected chi connectivity index (χ1v) is 4.37. The Kier molecular flexibility index (Phi) is 2.41. The highest BCUT2D eigenvalue weighted by Gasteiger charge is 2.01. The predicted molar refractivity (Wildman–Crippen MR) is 47.9 cm³/mol. The molecule has 11 heavy (non-hydrogen) atoms. The zero-order valence-corrected chi connectivity index (χ0v) is 7.90. The summed E-state index contributed by atoms with van der Waals surface area (Å²) in [5, 5.41) is 0.926. The molecule has 0 N–H and O–H groups in total. The van der Waals surface area contributed by atoms with Gasteiger partial charge in [-0.1, -0.05) is 17.7 Å². The van der Waals surface area contributed by atoms with Gasteiger partial charge in [-0.25, -0.2) is 0 Å². The summed E-state index contributed by atoms with van der Waals surface area (Å²) in [5.74, 6) is 0. The van der Waals surface area contributed by atoms with Crippen molar-refractivity contribution in [3.05, 3.63) is 28.8 Å². The van der Waals surface area contributed by atoms with E-state index in [1.165, 1.54) is 5.56 Å². The fraction of sp³-hybridized carbons (Fsp3) is 0.333. The summed E-state index contributed by atoms with van der Waals surface area (Å²) in [4.78, 5) is 0. The zero-order valence-electron chi connectivity index (χ0n) is 7.01. The number of hydrogen-bond donors (Lipinski definition) is 0. The third kappa shape index (κ3) is 1.66. The van der Waals surface area contributed by atoms with Crippen molar-refractivity contribution in [1.82, 2.24) is 0 Å². The molecule has 0 radical (unpaired) electrons. The lowest BCUT2D eigenvalue weighted by molar-refractivity contribution is 0.603. The lowest BCUT2D eigenvalue weighted by atomic mass is 10.1. The van der Waals surface area contributed by atoms with Gasteiger partial charge in [0, 0.05) is 5.30 Å². The van der Waals surface area contributed by atoms with Crippen molar-refractivity contribution in [3.8, 4) is 0 Å². The van der Waals surface area contributed by atoms with Crippen LogP contribution in [0.4, 0.5) is 0 Å². The van der Waals surface area contributed by atoms with E-state index in [2.05, 4.69) is 0 Å². The molecular weight excluding hydrogens is 155 g/mol. The molecule has 1 aromatic rings. The summed E-state index contributed by atoms with van der Waals surface area (Å²) in [5.41, 5.74) is 3.45. The molecule has 1 nitrogen and oxygen atoms in total. The van der Waals surface area contributed by atoms with Crippen molar-refractivity contribution in [2.24, 2.45) is 0 Å². The molecule has 0 spiro atoms. The van der Waals surface area contributed by atoms with Crippen LogP contribution in [-0.4, -0.2) is 0 Å². The van der Waals surface area contributed by atoms with E-state index in [9.17, 15) is 4.57 Å². The normalized spacial score (nSPS) is 10.5. The molecule has 1 rings (SSSR count). The molecule has 1 aromatic carbocycles. The van der Waals surface area contributed by atoms with E-state index in [-0.39, 0.29) is 8.46 Å². The lowest BCUT2D eigenvalue weighted by Crippen LogP contribution is -2.03. The van der Waals surface area contributed by atoms with Crippen molar-refractivity contribution in [2.45, 2.75) is 20.8 Å². The summed E-state index contributed by atoms with van der Waals surface area (Å²) in [6.07, 6.45) is 0. The Morgan fingerprint density at radius 1 is 1.09 bits per heavy atom. The van der Waals surface area contributed by atoms with Gasteiger partial charge in [0.2, 0.25) is 0 Å². The lowest BCUT2D eigenvalue weighted by Gasteiger charge is -2.02. The average Bonchev–Trinajstić information content (AvgIpc) is 1.85. The third-order valence-corrected chi connectivity index (χ3v) is 2.61. The summed E-state index contributed by atoms with van der Waals surface area (Å²) in [7, 11) is 0.127. The van der Waals surface area contributed by atoms with Gasteiger partial charge in [-0.15, -0.1) is 0 Å². The van der Waals surface area contributed by atoms with Crippen molar-refractivity contribution in [3.63, 3.8) is 0 Å². The molecule has 0 heterocycles. The van der Waals surface area contributed by atoms with Gasteiger partial charge in [-0.05, 0) is 31.9 Å². The van der Waals surface area contributed by atoms with Crippen LogP contribution in [0.15, 0.2) is 12.1 Å². The van der Waals surface area contributed by atoms with Crippen LogP contribution in [0.3, 0.4) is 0 Å². The Labute approximate surface area is 68.6 Å². The van der Waals surface area contributed by atoms with Crippen molar-refractivity contribution in [2.75, 3.05) is 0 Å². The number of rotatable bonds is 1. The van der Waals surface area contributed by atoms with E-state index < -0.39 is 0 Å². The van der Waals surface area contributed by atoms with Crippen LogP contribution < -0.4 is 5.30 Å². The van der Waals surface area contributed by atoms with E-state index in [1.807, 2.05) is 32.9 Å². The Hall–Kier alpha value is -0.680. The second kappa shape index (κ2) is 3.15. The van der Waals surface area contributed by atoms with Crippen molar-refractivity contribution >= 4 is 13.8 Å². The van der Waals surface area contributed by atoms with Gasteiger partial charge in [-0.3, -0.25) is 4.57 Å². The molecule has 2 heteroatoms. The van der Waals surface area contributed by atoms with E-state index in [0.29, 0.717) is 0 Å². The maximum Gasteiger partial charge on any atom is 0.192 e. The van der Waals surface area contributed by atoms with Gasteiger partial charge in [0.1, 0.15) is 0 Å². The van der Waals surface area contributed by atoms with Crippen LogP contribution in [0.5, 0.6) is 0 Å². The second-order valence-corrected chi connectivity index (χ2v) is 3.47. The summed E-state index contributed by atoms with van der Waals surface area (Å²) in [6.45, 7) is 6.02. The molecule has 0 fully saturated rings. The van der Waals surface area contributed by atoms with Crippen LogP contribution in [0.2, 0.25) is 0 Å². The quantitative estimate of drug-likeness (QED) is 0.586. The Morgan fingerprint density at radius 3 is 1.91 bits per heavy atom. The maximum absolute atomic E-state index is 10.7. The molecule has 0 saturated heterocycles. The summed E-state index contributed by atoms with van der Waals surface area (Å²) < 4.78 is 10.7. The first-order valence-electron chi connectivity index (χ1n) is 3.56. The predicted octanol–water partition coefficient (Wildman–Crippen LogP) is 2.53. The Balaban J connectivity index is 3.36. The highest BCUT2D eigenvalue weighted by atomic mass is 31.1. The van der Waals surface area contributed by atoms with Gasteiger partial charge >= 0.3 is 0 Å². The van der Waals surface area contributed by atoms with Crippen molar-refractivity contribution < 1.29 is 4.57 Å². The van der Waals surface area contributed by atoms with Crippen LogP contribution in [0.1, 0.15) is 16.7 Å². The van der Waals surface area contributed by atoms with E-state index in [4.69, 9.17) is 0 Å². The number of benzene rings is 1. The minimum atomic E-state index is 0.127. The maximum atomic E-state index is 10.7. The molecule has 0 aliphatic heterocycles.